The molecule has 0 saturated heterocycles. The molecule has 3 rings (SSSR count). The van der Waals surface area contributed by atoms with Crippen LogP contribution in [-0.2, 0) is 6.54 Å². The van der Waals surface area contributed by atoms with Crippen LogP contribution in [0, 0.1) is 5.92 Å². The molecule has 1 amide bonds. The zero-order chi connectivity index (χ0) is 19.6. The van der Waals surface area contributed by atoms with Gasteiger partial charge in [-0.25, -0.2) is 0 Å². The van der Waals surface area contributed by atoms with E-state index in [1.807, 2.05) is 36.4 Å². The van der Waals surface area contributed by atoms with Gasteiger partial charge in [0.05, 0.1) is 6.61 Å². The summed E-state index contributed by atoms with van der Waals surface area (Å²) in [5.41, 5.74) is 1.76. The van der Waals surface area contributed by atoms with Crippen LogP contribution in [0.2, 0.25) is 0 Å². The topological polar surface area (TPSA) is 74.8 Å². The van der Waals surface area contributed by atoms with Crippen molar-refractivity contribution in [2.24, 2.45) is 10.9 Å². The maximum Gasteiger partial charge on any atom is 0.251 e. The van der Waals surface area contributed by atoms with E-state index in [1.54, 1.807) is 19.2 Å². The quantitative estimate of drug-likeness (QED) is 0.211. The van der Waals surface area contributed by atoms with Crippen molar-refractivity contribution in [1.29, 1.82) is 0 Å². The number of carbonyl (C=O) groups is 1. The van der Waals surface area contributed by atoms with Crippen LogP contribution in [0.4, 0.5) is 0 Å². The summed E-state index contributed by atoms with van der Waals surface area (Å²) in [5, 5.41) is 9.40. The third-order valence-electron chi connectivity index (χ3n) is 4.55. The molecule has 7 heteroatoms. The van der Waals surface area contributed by atoms with Crippen molar-refractivity contribution < 1.29 is 9.53 Å². The van der Waals surface area contributed by atoms with E-state index in [4.69, 9.17) is 4.74 Å². The maximum absolute atomic E-state index is 12.0. The minimum atomic E-state index is -0.0768. The number of guanidine groups is 1. The molecule has 0 radical (unpaired) electrons. The highest BCUT2D eigenvalue weighted by Gasteiger charge is 2.22. The fraction of sp³-hybridized carbons (Fsp3) is 0.364. The van der Waals surface area contributed by atoms with Crippen molar-refractivity contribution >= 4 is 35.8 Å². The van der Waals surface area contributed by atoms with Crippen molar-refractivity contribution in [2.45, 2.75) is 19.4 Å². The summed E-state index contributed by atoms with van der Waals surface area (Å²) in [7, 11) is 1.73. The summed E-state index contributed by atoms with van der Waals surface area (Å²) in [4.78, 5) is 16.3. The smallest absolute Gasteiger partial charge is 0.251 e. The summed E-state index contributed by atoms with van der Waals surface area (Å²) in [5.74, 6) is 2.26. The number of carbonyl (C=O) groups excluding carboxylic acids is 1. The highest BCUT2D eigenvalue weighted by molar-refractivity contribution is 14.0. The van der Waals surface area contributed by atoms with Crippen LogP contribution in [0.15, 0.2) is 59.6 Å². The normalized spacial score (nSPS) is 13.2. The highest BCUT2D eigenvalue weighted by Crippen LogP contribution is 2.30. The van der Waals surface area contributed by atoms with Crippen molar-refractivity contribution in [1.82, 2.24) is 16.0 Å². The largest absolute Gasteiger partial charge is 0.493 e. The van der Waals surface area contributed by atoms with Crippen molar-refractivity contribution in [2.75, 3.05) is 26.7 Å². The highest BCUT2D eigenvalue weighted by atomic mass is 127. The maximum atomic E-state index is 12.0. The number of nitrogens with zero attached hydrogens (tertiary/aromatic N) is 1. The molecule has 1 aliphatic carbocycles. The van der Waals surface area contributed by atoms with Gasteiger partial charge in [0, 0.05) is 37.8 Å². The Balaban J connectivity index is 0.00000300. The number of ether oxygens (including phenoxy) is 1. The molecule has 1 aliphatic rings. The molecular weight excluding hydrogens is 479 g/mol. The van der Waals surface area contributed by atoms with E-state index in [-0.39, 0.29) is 29.9 Å². The fourth-order valence-electron chi connectivity index (χ4n) is 2.73. The van der Waals surface area contributed by atoms with Gasteiger partial charge in [0.15, 0.2) is 5.96 Å². The van der Waals surface area contributed by atoms with Gasteiger partial charge < -0.3 is 20.7 Å². The number of aliphatic imine (C=N–C) groups is 1. The number of rotatable bonds is 9. The SMILES string of the molecule is CN=C(NCCNC(=O)c1ccccc1)NCc1ccccc1OCC1CC1.I. The van der Waals surface area contributed by atoms with E-state index in [2.05, 4.69) is 27.0 Å². The second-order valence-electron chi connectivity index (χ2n) is 6.84. The Bertz CT molecular complexity index is 794. The predicted molar refractivity (Wildman–Crippen MR) is 127 cm³/mol. The number of para-hydroxylation sites is 1. The standard InChI is InChI=1S/C22H28N4O2.HI/c1-23-22(25-14-13-24-21(27)18-7-3-2-4-8-18)26-15-19-9-5-6-10-20(19)28-16-17-11-12-17;/h2-10,17H,11-16H2,1H3,(H,24,27)(H2,23,25,26);1H. The first-order valence-corrected chi connectivity index (χ1v) is 9.74. The lowest BCUT2D eigenvalue weighted by Gasteiger charge is -2.15. The molecule has 0 aromatic heterocycles. The lowest BCUT2D eigenvalue weighted by molar-refractivity contribution is 0.0954. The summed E-state index contributed by atoms with van der Waals surface area (Å²) in [6.45, 7) is 2.51. The lowest BCUT2D eigenvalue weighted by atomic mass is 10.2. The van der Waals surface area contributed by atoms with Crippen LogP contribution in [0.25, 0.3) is 0 Å². The minimum absolute atomic E-state index is 0. The second kappa shape index (κ2) is 12.3. The Morgan fingerprint density at radius 2 is 1.69 bits per heavy atom. The lowest BCUT2D eigenvalue weighted by Crippen LogP contribution is -2.41. The van der Waals surface area contributed by atoms with E-state index < -0.39 is 0 Å². The molecule has 1 fully saturated rings. The molecule has 0 unspecified atom stereocenters. The first-order valence-electron chi connectivity index (χ1n) is 9.74. The van der Waals surface area contributed by atoms with Gasteiger partial charge in [-0.05, 0) is 37.0 Å². The van der Waals surface area contributed by atoms with Crippen LogP contribution in [0.1, 0.15) is 28.8 Å². The van der Waals surface area contributed by atoms with Crippen LogP contribution in [-0.4, -0.2) is 38.6 Å². The molecule has 29 heavy (non-hydrogen) atoms. The van der Waals surface area contributed by atoms with Gasteiger partial charge in [-0.2, -0.15) is 0 Å². The summed E-state index contributed by atoms with van der Waals surface area (Å²) in [6.07, 6.45) is 2.55. The first kappa shape index (κ1) is 23.0. The van der Waals surface area contributed by atoms with Gasteiger partial charge in [0.2, 0.25) is 0 Å². The first-order chi connectivity index (χ1) is 13.8. The van der Waals surface area contributed by atoms with Gasteiger partial charge in [0.25, 0.3) is 5.91 Å². The molecule has 0 heterocycles. The molecule has 0 atom stereocenters. The van der Waals surface area contributed by atoms with E-state index in [0.29, 0.717) is 31.2 Å². The molecule has 2 aromatic rings. The molecule has 3 N–H and O–H groups in total. The van der Waals surface area contributed by atoms with Gasteiger partial charge in [0.1, 0.15) is 5.75 Å². The Hall–Kier alpha value is -2.29. The molecule has 0 bridgehead atoms. The number of hydrogen-bond donors (Lipinski definition) is 3. The van der Waals surface area contributed by atoms with Crippen LogP contribution in [0.5, 0.6) is 5.75 Å². The average molecular weight is 508 g/mol. The van der Waals surface area contributed by atoms with E-state index >= 15 is 0 Å². The Kier molecular flexibility index (Phi) is 9.76. The number of hydrogen-bond acceptors (Lipinski definition) is 3. The molecular formula is C22H29IN4O2. The zero-order valence-electron chi connectivity index (χ0n) is 16.7. The summed E-state index contributed by atoms with van der Waals surface area (Å²) >= 11 is 0. The number of nitrogens with one attached hydrogen (secondary N) is 3. The average Bonchev–Trinajstić information content (AvgIpc) is 3.57. The Morgan fingerprint density at radius 1 is 1.00 bits per heavy atom. The summed E-state index contributed by atoms with van der Waals surface area (Å²) < 4.78 is 5.95. The van der Waals surface area contributed by atoms with Crippen molar-refractivity contribution in [3.05, 3.63) is 65.7 Å². The summed E-state index contributed by atoms with van der Waals surface area (Å²) in [6, 6.07) is 17.3. The van der Waals surface area contributed by atoms with E-state index in [1.165, 1.54) is 12.8 Å². The van der Waals surface area contributed by atoms with Crippen LogP contribution < -0.4 is 20.7 Å². The van der Waals surface area contributed by atoms with E-state index in [9.17, 15) is 4.79 Å². The van der Waals surface area contributed by atoms with Crippen LogP contribution in [0.3, 0.4) is 0 Å². The Labute approximate surface area is 189 Å². The predicted octanol–water partition coefficient (Wildman–Crippen LogP) is 3.19. The fourth-order valence-corrected chi connectivity index (χ4v) is 2.73. The van der Waals surface area contributed by atoms with Gasteiger partial charge in [-0.3, -0.25) is 9.79 Å². The molecule has 1 saturated carbocycles. The number of amides is 1. The third-order valence-corrected chi connectivity index (χ3v) is 4.55. The molecule has 2 aromatic carbocycles. The minimum Gasteiger partial charge on any atom is -0.493 e. The van der Waals surface area contributed by atoms with Gasteiger partial charge >= 0.3 is 0 Å². The second-order valence-corrected chi connectivity index (χ2v) is 6.84. The molecule has 6 nitrogen and oxygen atoms in total. The van der Waals surface area contributed by atoms with Crippen molar-refractivity contribution in [3.8, 4) is 5.75 Å². The number of benzene rings is 2. The number of halogens is 1. The van der Waals surface area contributed by atoms with Crippen molar-refractivity contribution in [3.63, 3.8) is 0 Å². The Morgan fingerprint density at radius 3 is 2.41 bits per heavy atom. The van der Waals surface area contributed by atoms with Gasteiger partial charge in [-0.1, -0.05) is 36.4 Å². The van der Waals surface area contributed by atoms with E-state index in [0.717, 1.165) is 23.8 Å². The van der Waals surface area contributed by atoms with Crippen LogP contribution >= 0.6 is 24.0 Å². The third kappa shape index (κ3) is 7.92. The van der Waals surface area contributed by atoms with Gasteiger partial charge in [-0.15, -0.1) is 24.0 Å². The molecule has 0 spiro atoms. The zero-order valence-corrected chi connectivity index (χ0v) is 19.0. The molecule has 0 aliphatic heterocycles. The molecule has 156 valence electrons. The monoisotopic (exact) mass is 508 g/mol.